The molecule has 1 N–H and O–H groups in total. The zero-order chi connectivity index (χ0) is 14.9. The van der Waals surface area contributed by atoms with Crippen LogP contribution in [0.3, 0.4) is 0 Å². The van der Waals surface area contributed by atoms with Crippen LogP contribution in [0.4, 0.5) is 0 Å². The van der Waals surface area contributed by atoms with Gasteiger partial charge in [0.25, 0.3) is 0 Å². The molecule has 1 atom stereocenters. The fourth-order valence-electron chi connectivity index (χ4n) is 2.65. The van der Waals surface area contributed by atoms with Gasteiger partial charge in [0.05, 0.1) is 18.7 Å². The highest BCUT2D eigenvalue weighted by Gasteiger charge is 2.38. The van der Waals surface area contributed by atoms with Crippen molar-refractivity contribution in [3.63, 3.8) is 0 Å². The smallest absolute Gasteiger partial charge is 0.164 e. The summed E-state index contributed by atoms with van der Waals surface area (Å²) in [6, 6.07) is 6.74. The number of aromatic hydroxyl groups is 1. The Bertz CT molecular complexity index is 587. The predicted molar refractivity (Wildman–Crippen MR) is 76.7 cm³/mol. The lowest BCUT2D eigenvalue weighted by atomic mass is 9.95. The number of benzene rings is 1. The van der Waals surface area contributed by atoms with Crippen LogP contribution in [0.2, 0.25) is 0 Å². The summed E-state index contributed by atoms with van der Waals surface area (Å²) in [5, 5.41) is 26.0. The van der Waals surface area contributed by atoms with Crippen molar-refractivity contribution in [1.29, 1.82) is 5.26 Å². The largest absolute Gasteiger partial charge is 0.504 e. The normalized spacial score (nSPS) is 18.4. The second kappa shape index (κ2) is 5.04. The van der Waals surface area contributed by atoms with E-state index in [-0.39, 0.29) is 11.3 Å². The maximum atomic E-state index is 10.2. The van der Waals surface area contributed by atoms with E-state index in [1.165, 1.54) is 7.11 Å². The number of hydrogen-bond donors (Lipinski definition) is 1. The van der Waals surface area contributed by atoms with Gasteiger partial charge in [0.1, 0.15) is 0 Å². The molecular formula is C15H19N3O2. The minimum absolute atomic E-state index is 0.00268. The van der Waals surface area contributed by atoms with Crippen molar-refractivity contribution >= 4 is 5.71 Å². The van der Waals surface area contributed by atoms with Gasteiger partial charge in [0.2, 0.25) is 0 Å². The summed E-state index contributed by atoms with van der Waals surface area (Å²) in [7, 11) is 1.49. The van der Waals surface area contributed by atoms with Gasteiger partial charge in [-0.05, 0) is 26.8 Å². The minimum atomic E-state index is -0.641. The van der Waals surface area contributed by atoms with Gasteiger partial charge < -0.3 is 9.84 Å². The first-order chi connectivity index (χ1) is 9.40. The van der Waals surface area contributed by atoms with E-state index in [0.29, 0.717) is 11.3 Å². The lowest BCUT2D eigenvalue weighted by Gasteiger charge is -2.34. The van der Waals surface area contributed by atoms with Crippen LogP contribution in [0.5, 0.6) is 11.5 Å². The Morgan fingerprint density at radius 2 is 2.20 bits per heavy atom. The van der Waals surface area contributed by atoms with Crippen LogP contribution in [-0.2, 0) is 0 Å². The maximum absolute atomic E-state index is 10.2. The van der Waals surface area contributed by atoms with Crippen molar-refractivity contribution in [1.82, 2.24) is 5.01 Å². The van der Waals surface area contributed by atoms with Gasteiger partial charge in [0, 0.05) is 17.7 Å². The van der Waals surface area contributed by atoms with Crippen LogP contribution in [0.15, 0.2) is 23.3 Å². The molecule has 1 aromatic carbocycles. The van der Waals surface area contributed by atoms with E-state index in [1.807, 2.05) is 20.8 Å². The Balaban J connectivity index is 2.47. The Morgan fingerprint density at radius 3 is 2.70 bits per heavy atom. The van der Waals surface area contributed by atoms with Crippen molar-refractivity contribution in [2.45, 2.75) is 38.8 Å². The van der Waals surface area contributed by atoms with Crippen LogP contribution < -0.4 is 4.74 Å². The van der Waals surface area contributed by atoms with Crippen molar-refractivity contribution in [3.05, 3.63) is 23.8 Å². The molecule has 0 aliphatic carbocycles. The van der Waals surface area contributed by atoms with Crippen LogP contribution in [0.25, 0.3) is 0 Å². The summed E-state index contributed by atoms with van der Waals surface area (Å²) in [6.07, 6.45) is 0.801. The number of phenolic OH excluding ortho intramolecular Hbond substituents is 1. The topological polar surface area (TPSA) is 68.8 Å². The monoisotopic (exact) mass is 273 g/mol. The molecule has 0 amide bonds. The lowest BCUT2D eigenvalue weighted by molar-refractivity contribution is 0.121. The second-order valence-corrected chi connectivity index (χ2v) is 5.60. The molecule has 5 nitrogen and oxygen atoms in total. The molecule has 0 unspecified atom stereocenters. The molecule has 0 aromatic heterocycles. The Hall–Kier alpha value is -2.22. The fourth-order valence-corrected chi connectivity index (χ4v) is 2.65. The SMILES string of the molecule is COc1cccc([C@@H](C#N)N2N=C(C)CC2(C)C)c1O. The van der Waals surface area contributed by atoms with Gasteiger partial charge in [0.15, 0.2) is 17.5 Å². The van der Waals surface area contributed by atoms with Crippen LogP contribution in [0, 0.1) is 11.3 Å². The molecule has 5 heteroatoms. The summed E-state index contributed by atoms with van der Waals surface area (Å²) in [4.78, 5) is 0. The molecule has 0 saturated heterocycles. The predicted octanol–water partition coefficient (Wildman–Crippen LogP) is 2.83. The Kier molecular flexibility index (Phi) is 3.58. The highest BCUT2D eigenvalue weighted by molar-refractivity contribution is 5.84. The third-order valence-electron chi connectivity index (χ3n) is 3.50. The number of rotatable bonds is 3. The number of hydrazone groups is 1. The molecule has 0 saturated carbocycles. The van der Waals surface area contributed by atoms with Crippen LogP contribution in [-0.4, -0.2) is 28.5 Å². The van der Waals surface area contributed by atoms with Crippen molar-refractivity contribution in [2.75, 3.05) is 7.11 Å². The first-order valence-electron chi connectivity index (χ1n) is 6.49. The van der Waals surface area contributed by atoms with E-state index in [4.69, 9.17) is 4.74 Å². The number of methoxy groups -OCH3 is 1. The van der Waals surface area contributed by atoms with E-state index < -0.39 is 6.04 Å². The van der Waals surface area contributed by atoms with Gasteiger partial charge in [-0.1, -0.05) is 12.1 Å². The molecule has 1 aliphatic heterocycles. The van der Waals surface area contributed by atoms with Crippen molar-refractivity contribution < 1.29 is 9.84 Å². The summed E-state index contributed by atoms with van der Waals surface area (Å²) in [5.41, 5.74) is 1.25. The quantitative estimate of drug-likeness (QED) is 0.919. The molecule has 1 aromatic rings. The maximum Gasteiger partial charge on any atom is 0.164 e. The van der Waals surface area contributed by atoms with Crippen LogP contribution >= 0.6 is 0 Å². The number of nitrogens with zero attached hydrogens (tertiary/aromatic N) is 3. The standard InChI is InChI=1S/C15H19N3O2/c1-10-8-15(2,3)18(17-10)12(9-16)11-6-5-7-13(20-4)14(11)19/h5-7,12,19H,8H2,1-4H3/t12-/m1/s1. The fraction of sp³-hybridized carbons (Fsp3) is 0.467. The van der Waals surface area contributed by atoms with Crippen molar-refractivity contribution in [3.8, 4) is 17.6 Å². The number of para-hydroxylation sites is 1. The van der Waals surface area contributed by atoms with E-state index >= 15 is 0 Å². The zero-order valence-electron chi connectivity index (χ0n) is 12.2. The number of hydrogen-bond acceptors (Lipinski definition) is 5. The highest BCUT2D eigenvalue weighted by atomic mass is 16.5. The second-order valence-electron chi connectivity index (χ2n) is 5.60. The number of ether oxygens (including phenoxy) is 1. The summed E-state index contributed by atoms with van der Waals surface area (Å²) < 4.78 is 5.10. The average molecular weight is 273 g/mol. The molecule has 1 aliphatic rings. The van der Waals surface area contributed by atoms with Gasteiger partial charge in [-0.3, -0.25) is 5.01 Å². The van der Waals surface area contributed by atoms with Gasteiger partial charge in [-0.25, -0.2) is 0 Å². The molecule has 2 rings (SSSR count). The number of nitriles is 1. The summed E-state index contributed by atoms with van der Waals surface area (Å²) >= 11 is 0. The summed E-state index contributed by atoms with van der Waals surface area (Å²) in [6.45, 7) is 6.02. The Morgan fingerprint density at radius 1 is 1.50 bits per heavy atom. The van der Waals surface area contributed by atoms with Crippen molar-refractivity contribution in [2.24, 2.45) is 5.10 Å². The first kappa shape index (κ1) is 14.2. The lowest BCUT2D eigenvalue weighted by Crippen LogP contribution is -2.38. The Labute approximate surface area is 119 Å². The minimum Gasteiger partial charge on any atom is -0.504 e. The van der Waals surface area contributed by atoms with E-state index in [0.717, 1.165) is 12.1 Å². The molecular weight excluding hydrogens is 254 g/mol. The van der Waals surface area contributed by atoms with Crippen LogP contribution in [0.1, 0.15) is 38.8 Å². The molecule has 1 heterocycles. The van der Waals surface area contributed by atoms with E-state index in [9.17, 15) is 10.4 Å². The zero-order valence-corrected chi connectivity index (χ0v) is 12.2. The highest BCUT2D eigenvalue weighted by Crippen LogP contribution is 2.40. The van der Waals surface area contributed by atoms with E-state index in [1.54, 1.807) is 23.2 Å². The third-order valence-corrected chi connectivity index (χ3v) is 3.50. The van der Waals surface area contributed by atoms with Gasteiger partial charge in [-0.2, -0.15) is 10.4 Å². The third kappa shape index (κ3) is 2.29. The molecule has 0 radical (unpaired) electrons. The van der Waals surface area contributed by atoms with Gasteiger partial charge >= 0.3 is 0 Å². The molecule has 0 fully saturated rings. The van der Waals surface area contributed by atoms with Gasteiger partial charge in [-0.15, -0.1) is 0 Å². The average Bonchev–Trinajstić information content (AvgIpc) is 2.66. The first-order valence-corrected chi connectivity index (χ1v) is 6.49. The van der Waals surface area contributed by atoms with E-state index in [2.05, 4.69) is 11.2 Å². The molecule has 106 valence electrons. The molecule has 0 bridgehead atoms. The molecule has 20 heavy (non-hydrogen) atoms. The molecule has 0 spiro atoms. The number of phenols is 1. The summed E-state index contributed by atoms with van der Waals surface area (Å²) in [5.74, 6) is 0.359.